The van der Waals surface area contributed by atoms with E-state index in [-0.39, 0.29) is 5.82 Å². The molecular weight excluding hydrogens is 263 g/mol. The summed E-state index contributed by atoms with van der Waals surface area (Å²) < 4.78 is 14.2. The third-order valence-electron chi connectivity index (χ3n) is 4.78. The molecule has 0 amide bonds. The SMILES string of the molecule is CCC(C)NCc1ccc(F)c(N(C)C2CCCCC2)c1. The van der Waals surface area contributed by atoms with Gasteiger partial charge < -0.3 is 10.2 Å². The van der Waals surface area contributed by atoms with Gasteiger partial charge in [-0.25, -0.2) is 4.39 Å². The molecule has 1 aliphatic carbocycles. The zero-order valence-corrected chi connectivity index (χ0v) is 13.7. The molecule has 21 heavy (non-hydrogen) atoms. The van der Waals surface area contributed by atoms with E-state index in [1.54, 1.807) is 6.07 Å². The number of nitrogens with zero attached hydrogens (tertiary/aromatic N) is 1. The molecule has 0 heterocycles. The molecule has 1 aromatic rings. The van der Waals surface area contributed by atoms with Crippen molar-refractivity contribution >= 4 is 5.69 Å². The molecule has 1 fully saturated rings. The Morgan fingerprint density at radius 1 is 1.29 bits per heavy atom. The van der Waals surface area contributed by atoms with Gasteiger partial charge in [-0.05, 0) is 43.9 Å². The fraction of sp³-hybridized carbons (Fsp3) is 0.667. The first-order chi connectivity index (χ1) is 10.1. The lowest BCUT2D eigenvalue weighted by Gasteiger charge is -2.33. The van der Waals surface area contributed by atoms with Gasteiger partial charge in [0.1, 0.15) is 5.82 Å². The average molecular weight is 292 g/mol. The summed E-state index contributed by atoms with van der Waals surface area (Å²) >= 11 is 0. The zero-order valence-electron chi connectivity index (χ0n) is 13.7. The fourth-order valence-electron chi connectivity index (χ4n) is 3.04. The first-order valence-electron chi connectivity index (χ1n) is 8.36. The standard InChI is InChI=1S/C18H29FN2/c1-4-14(2)20-13-15-10-11-17(19)18(12-15)21(3)16-8-6-5-7-9-16/h10-12,14,16,20H,4-9,13H2,1-3H3. The summed E-state index contributed by atoms with van der Waals surface area (Å²) in [6.07, 6.45) is 7.34. The predicted molar refractivity (Wildman–Crippen MR) is 88.3 cm³/mol. The van der Waals surface area contributed by atoms with Crippen molar-refractivity contribution in [3.05, 3.63) is 29.6 Å². The van der Waals surface area contributed by atoms with Crippen LogP contribution in [0.1, 0.15) is 57.9 Å². The Morgan fingerprint density at radius 2 is 2.00 bits per heavy atom. The second-order valence-electron chi connectivity index (χ2n) is 6.38. The average Bonchev–Trinajstić information content (AvgIpc) is 2.54. The summed E-state index contributed by atoms with van der Waals surface area (Å²) in [7, 11) is 2.04. The normalized spacial score (nSPS) is 17.7. The smallest absolute Gasteiger partial charge is 0.146 e. The van der Waals surface area contributed by atoms with Gasteiger partial charge in [0.25, 0.3) is 0 Å². The molecule has 118 valence electrons. The monoisotopic (exact) mass is 292 g/mol. The summed E-state index contributed by atoms with van der Waals surface area (Å²) in [5.41, 5.74) is 1.92. The van der Waals surface area contributed by atoms with Crippen LogP contribution in [0.5, 0.6) is 0 Å². The maximum absolute atomic E-state index is 14.2. The highest BCUT2D eigenvalue weighted by Crippen LogP contribution is 2.28. The highest BCUT2D eigenvalue weighted by atomic mass is 19.1. The van der Waals surface area contributed by atoms with Crippen molar-refractivity contribution in [3.63, 3.8) is 0 Å². The first kappa shape index (κ1) is 16.3. The van der Waals surface area contributed by atoms with Crippen molar-refractivity contribution in [3.8, 4) is 0 Å². The van der Waals surface area contributed by atoms with E-state index >= 15 is 0 Å². The van der Waals surface area contributed by atoms with Gasteiger partial charge in [-0.3, -0.25) is 0 Å². The number of benzene rings is 1. The van der Waals surface area contributed by atoms with Crippen molar-refractivity contribution in [2.45, 2.75) is 71.0 Å². The van der Waals surface area contributed by atoms with E-state index in [9.17, 15) is 4.39 Å². The molecule has 1 aliphatic rings. The van der Waals surface area contributed by atoms with E-state index in [0.717, 1.165) is 24.2 Å². The molecular formula is C18H29FN2. The van der Waals surface area contributed by atoms with Crippen LogP contribution >= 0.6 is 0 Å². The summed E-state index contributed by atoms with van der Waals surface area (Å²) in [6, 6.07) is 6.51. The number of hydrogen-bond acceptors (Lipinski definition) is 2. The minimum Gasteiger partial charge on any atom is -0.369 e. The third-order valence-corrected chi connectivity index (χ3v) is 4.78. The number of hydrogen-bond donors (Lipinski definition) is 1. The van der Waals surface area contributed by atoms with Crippen molar-refractivity contribution < 1.29 is 4.39 Å². The molecule has 1 atom stereocenters. The summed E-state index contributed by atoms with van der Waals surface area (Å²) in [5.74, 6) is -0.102. The van der Waals surface area contributed by atoms with E-state index in [1.807, 2.05) is 19.2 Å². The number of rotatable bonds is 6. The number of nitrogens with one attached hydrogen (secondary N) is 1. The summed E-state index contributed by atoms with van der Waals surface area (Å²) in [6.45, 7) is 5.16. The maximum atomic E-state index is 14.2. The molecule has 0 aliphatic heterocycles. The molecule has 1 saturated carbocycles. The minimum absolute atomic E-state index is 0.102. The van der Waals surface area contributed by atoms with Crippen LogP contribution in [-0.4, -0.2) is 19.1 Å². The van der Waals surface area contributed by atoms with E-state index in [0.29, 0.717) is 12.1 Å². The molecule has 0 saturated heterocycles. The van der Waals surface area contributed by atoms with Gasteiger partial charge in [0.2, 0.25) is 0 Å². The number of halogens is 1. The molecule has 0 spiro atoms. The van der Waals surface area contributed by atoms with Crippen LogP contribution in [0.15, 0.2) is 18.2 Å². The molecule has 2 nitrogen and oxygen atoms in total. The Hall–Kier alpha value is -1.09. The van der Waals surface area contributed by atoms with Gasteiger partial charge in [-0.15, -0.1) is 0 Å². The minimum atomic E-state index is -0.102. The van der Waals surface area contributed by atoms with Crippen LogP contribution in [0.4, 0.5) is 10.1 Å². The van der Waals surface area contributed by atoms with Crippen LogP contribution < -0.4 is 10.2 Å². The summed E-state index contributed by atoms with van der Waals surface area (Å²) in [5, 5.41) is 3.47. The second-order valence-corrected chi connectivity index (χ2v) is 6.38. The van der Waals surface area contributed by atoms with Gasteiger partial charge in [0, 0.05) is 25.7 Å². The van der Waals surface area contributed by atoms with Crippen molar-refractivity contribution in [1.82, 2.24) is 5.32 Å². The van der Waals surface area contributed by atoms with E-state index < -0.39 is 0 Å². The van der Waals surface area contributed by atoms with Crippen molar-refractivity contribution in [2.75, 3.05) is 11.9 Å². The van der Waals surface area contributed by atoms with Gasteiger partial charge in [0.05, 0.1) is 5.69 Å². The van der Waals surface area contributed by atoms with Gasteiger partial charge in [-0.1, -0.05) is 32.3 Å². The second kappa shape index (κ2) is 7.79. The van der Waals surface area contributed by atoms with Crippen molar-refractivity contribution in [2.24, 2.45) is 0 Å². The van der Waals surface area contributed by atoms with Crippen LogP contribution in [0.2, 0.25) is 0 Å². The molecule has 0 bridgehead atoms. The zero-order chi connectivity index (χ0) is 15.2. The third kappa shape index (κ3) is 4.44. The lowest BCUT2D eigenvalue weighted by atomic mass is 9.94. The molecule has 1 unspecified atom stereocenters. The van der Waals surface area contributed by atoms with Crippen LogP contribution in [-0.2, 0) is 6.54 Å². The molecule has 2 rings (SSSR count). The largest absolute Gasteiger partial charge is 0.369 e. The van der Waals surface area contributed by atoms with Gasteiger partial charge in [-0.2, -0.15) is 0 Å². The highest BCUT2D eigenvalue weighted by molar-refractivity contribution is 5.50. The Balaban J connectivity index is 2.06. The maximum Gasteiger partial charge on any atom is 0.146 e. The lowest BCUT2D eigenvalue weighted by molar-refractivity contribution is 0.424. The lowest BCUT2D eigenvalue weighted by Crippen LogP contribution is -2.34. The van der Waals surface area contributed by atoms with Gasteiger partial charge >= 0.3 is 0 Å². The van der Waals surface area contributed by atoms with E-state index in [2.05, 4.69) is 24.1 Å². The molecule has 0 radical (unpaired) electrons. The van der Waals surface area contributed by atoms with Crippen LogP contribution in [0.25, 0.3) is 0 Å². The van der Waals surface area contributed by atoms with E-state index in [1.165, 1.54) is 32.1 Å². The van der Waals surface area contributed by atoms with Crippen molar-refractivity contribution in [1.29, 1.82) is 0 Å². The van der Waals surface area contributed by atoms with Crippen LogP contribution in [0.3, 0.4) is 0 Å². The molecule has 3 heteroatoms. The Morgan fingerprint density at radius 3 is 2.67 bits per heavy atom. The highest BCUT2D eigenvalue weighted by Gasteiger charge is 2.20. The molecule has 1 N–H and O–H groups in total. The quantitative estimate of drug-likeness (QED) is 0.831. The van der Waals surface area contributed by atoms with Crippen LogP contribution in [0, 0.1) is 5.82 Å². The Kier molecular flexibility index (Phi) is 6.04. The van der Waals surface area contributed by atoms with Gasteiger partial charge in [0.15, 0.2) is 0 Å². The number of anilines is 1. The Labute approximate surface area is 128 Å². The predicted octanol–water partition coefficient (Wildman–Crippen LogP) is 4.48. The topological polar surface area (TPSA) is 15.3 Å². The van der Waals surface area contributed by atoms with E-state index in [4.69, 9.17) is 0 Å². The molecule has 1 aromatic carbocycles. The summed E-state index contributed by atoms with van der Waals surface area (Å²) in [4.78, 5) is 2.15. The fourth-order valence-corrected chi connectivity index (χ4v) is 3.04. The first-order valence-corrected chi connectivity index (χ1v) is 8.36. The Bertz CT molecular complexity index is 441. The molecule has 0 aromatic heterocycles.